The summed E-state index contributed by atoms with van der Waals surface area (Å²) in [4.78, 5) is 15.0. The average molecular weight is 143 g/mol. The normalized spacial score (nSPS) is 10.7. The van der Waals surface area contributed by atoms with Gasteiger partial charge in [-0.25, -0.2) is 4.79 Å². The van der Waals surface area contributed by atoms with Crippen LogP contribution in [0.4, 0.5) is 0 Å². The van der Waals surface area contributed by atoms with E-state index in [0.29, 0.717) is 6.42 Å². The van der Waals surface area contributed by atoms with E-state index in [1.165, 1.54) is 0 Å². The van der Waals surface area contributed by atoms with Crippen LogP contribution in [0.25, 0.3) is 0 Å². The van der Waals surface area contributed by atoms with Gasteiger partial charge < -0.3 is 4.84 Å². The number of rotatable bonds is 2. The lowest BCUT2D eigenvalue weighted by atomic mass is 9.93. The first-order valence-corrected chi connectivity index (χ1v) is 3.11. The molecule has 0 rings (SSSR count). The fourth-order valence-corrected chi connectivity index (χ4v) is 0.537. The first-order valence-electron chi connectivity index (χ1n) is 3.11. The Morgan fingerprint density at radius 1 is 1.60 bits per heavy atom. The van der Waals surface area contributed by atoms with Crippen molar-refractivity contribution >= 4 is 12.7 Å². The minimum atomic E-state index is -0.331. The lowest BCUT2D eigenvalue weighted by Crippen LogP contribution is -2.13. The van der Waals surface area contributed by atoms with E-state index in [-0.39, 0.29) is 11.4 Å². The topological polar surface area (TPSA) is 38.7 Å². The molecule has 0 radical (unpaired) electrons. The average Bonchev–Trinajstić information content (AvgIpc) is 1.59. The highest BCUT2D eigenvalue weighted by Gasteiger charge is 2.16. The molecule has 0 aliphatic carbocycles. The molecule has 0 aromatic carbocycles. The molecular weight excluding hydrogens is 130 g/mol. The van der Waals surface area contributed by atoms with E-state index < -0.39 is 0 Å². The zero-order valence-electron chi connectivity index (χ0n) is 6.68. The molecule has 0 amide bonds. The molecule has 0 spiro atoms. The highest BCUT2D eigenvalue weighted by Crippen LogP contribution is 2.18. The Kier molecular flexibility index (Phi) is 3.06. The second-order valence-corrected chi connectivity index (χ2v) is 3.33. The number of carbonyl (C=O) groups is 1. The van der Waals surface area contributed by atoms with Gasteiger partial charge in [-0.05, 0) is 5.41 Å². The minimum Gasteiger partial charge on any atom is -0.319 e. The molecule has 3 nitrogen and oxygen atoms in total. The molecule has 0 saturated heterocycles. The fraction of sp³-hybridized carbons (Fsp3) is 0.714. The van der Waals surface area contributed by atoms with Crippen LogP contribution in [0.5, 0.6) is 0 Å². The Morgan fingerprint density at radius 2 is 2.10 bits per heavy atom. The standard InChI is InChI=1S/C7H13NO2/c1-7(2,3)5-6(9)10-8-4/h4-5H2,1-3H3. The number of oxime groups is 1. The van der Waals surface area contributed by atoms with Crippen LogP contribution in [0.1, 0.15) is 27.2 Å². The summed E-state index contributed by atoms with van der Waals surface area (Å²) in [6, 6.07) is 0. The van der Waals surface area contributed by atoms with E-state index in [9.17, 15) is 4.79 Å². The molecule has 0 heterocycles. The predicted octanol–water partition coefficient (Wildman–Crippen LogP) is 1.58. The van der Waals surface area contributed by atoms with Crippen LogP contribution in [-0.2, 0) is 9.63 Å². The predicted molar refractivity (Wildman–Crippen MR) is 39.7 cm³/mol. The summed E-state index contributed by atoms with van der Waals surface area (Å²) >= 11 is 0. The largest absolute Gasteiger partial charge is 0.335 e. The molecular formula is C7H13NO2. The second-order valence-electron chi connectivity index (χ2n) is 3.33. The van der Waals surface area contributed by atoms with Crippen LogP contribution in [0, 0.1) is 5.41 Å². The van der Waals surface area contributed by atoms with E-state index in [4.69, 9.17) is 0 Å². The third-order valence-corrected chi connectivity index (χ3v) is 0.841. The summed E-state index contributed by atoms with van der Waals surface area (Å²) < 4.78 is 0. The molecule has 10 heavy (non-hydrogen) atoms. The zero-order chi connectivity index (χ0) is 8.20. The molecule has 0 N–H and O–H groups in total. The first-order chi connectivity index (χ1) is 4.45. The highest BCUT2D eigenvalue weighted by atomic mass is 16.7. The van der Waals surface area contributed by atoms with Gasteiger partial charge in [0.25, 0.3) is 0 Å². The van der Waals surface area contributed by atoms with Crippen molar-refractivity contribution in [1.29, 1.82) is 0 Å². The Morgan fingerprint density at radius 3 is 2.40 bits per heavy atom. The van der Waals surface area contributed by atoms with Crippen LogP contribution in [0.2, 0.25) is 0 Å². The van der Waals surface area contributed by atoms with Crippen molar-refractivity contribution < 1.29 is 9.63 Å². The van der Waals surface area contributed by atoms with Crippen LogP contribution in [0.15, 0.2) is 5.16 Å². The van der Waals surface area contributed by atoms with Crippen molar-refractivity contribution in [2.45, 2.75) is 27.2 Å². The van der Waals surface area contributed by atoms with Crippen molar-refractivity contribution in [2.24, 2.45) is 10.6 Å². The highest BCUT2D eigenvalue weighted by molar-refractivity contribution is 5.70. The van der Waals surface area contributed by atoms with Gasteiger partial charge in [0.1, 0.15) is 0 Å². The second kappa shape index (κ2) is 3.34. The lowest BCUT2D eigenvalue weighted by molar-refractivity contribution is -0.145. The van der Waals surface area contributed by atoms with Gasteiger partial charge >= 0.3 is 5.97 Å². The van der Waals surface area contributed by atoms with Crippen LogP contribution in [-0.4, -0.2) is 12.7 Å². The Hall–Kier alpha value is -0.860. The van der Waals surface area contributed by atoms with Gasteiger partial charge in [-0.1, -0.05) is 25.9 Å². The van der Waals surface area contributed by atoms with Crippen LogP contribution >= 0.6 is 0 Å². The molecule has 0 saturated carbocycles. The van der Waals surface area contributed by atoms with Crippen LogP contribution < -0.4 is 0 Å². The van der Waals surface area contributed by atoms with Crippen molar-refractivity contribution in [3.63, 3.8) is 0 Å². The van der Waals surface area contributed by atoms with Gasteiger partial charge in [0, 0.05) is 6.72 Å². The minimum absolute atomic E-state index is 0.0399. The first kappa shape index (κ1) is 9.14. The third-order valence-electron chi connectivity index (χ3n) is 0.841. The molecule has 0 atom stereocenters. The molecule has 0 aromatic rings. The molecule has 0 aliphatic rings. The Balaban J connectivity index is 3.68. The van der Waals surface area contributed by atoms with Gasteiger partial charge in [0.2, 0.25) is 0 Å². The monoisotopic (exact) mass is 143 g/mol. The van der Waals surface area contributed by atoms with Gasteiger partial charge in [-0.3, -0.25) is 0 Å². The third kappa shape index (κ3) is 5.28. The number of nitrogens with zero attached hydrogens (tertiary/aromatic N) is 1. The van der Waals surface area contributed by atoms with Gasteiger partial charge in [0.15, 0.2) is 0 Å². The molecule has 3 heteroatoms. The van der Waals surface area contributed by atoms with E-state index in [1.54, 1.807) is 0 Å². The van der Waals surface area contributed by atoms with Crippen molar-refractivity contribution in [1.82, 2.24) is 0 Å². The summed E-state index contributed by atoms with van der Waals surface area (Å²) in [6.45, 7) is 8.90. The molecule has 0 fully saturated rings. The zero-order valence-corrected chi connectivity index (χ0v) is 6.68. The van der Waals surface area contributed by atoms with E-state index in [2.05, 4.69) is 16.7 Å². The summed E-state index contributed by atoms with van der Waals surface area (Å²) in [5.41, 5.74) is -0.0399. The SMILES string of the molecule is C=NOC(=O)CC(C)(C)C. The summed E-state index contributed by atoms with van der Waals surface area (Å²) in [5.74, 6) is -0.331. The Labute approximate surface area is 61.1 Å². The smallest absolute Gasteiger partial charge is 0.319 e. The maximum atomic E-state index is 10.7. The van der Waals surface area contributed by atoms with Crippen molar-refractivity contribution in [2.75, 3.05) is 0 Å². The quantitative estimate of drug-likeness (QED) is 0.334. The maximum absolute atomic E-state index is 10.7. The molecule has 0 aliphatic heterocycles. The molecule has 0 aromatic heterocycles. The Bertz CT molecular complexity index is 135. The summed E-state index contributed by atoms with van der Waals surface area (Å²) in [6.07, 6.45) is 0.367. The van der Waals surface area contributed by atoms with Crippen LogP contribution in [0.3, 0.4) is 0 Å². The number of carbonyl (C=O) groups excluding carboxylic acids is 1. The number of hydrogen-bond acceptors (Lipinski definition) is 3. The fourth-order valence-electron chi connectivity index (χ4n) is 0.537. The maximum Gasteiger partial charge on any atom is 0.335 e. The van der Waals surface area contributed by atoms with Gasteiger partial charge in [-0.15, -0.1) is 0 Å². The molecule has 58 valence electrons. The van der Waals surface area contributed by atoms with Gasteiger partial charge in [0.05, 0.1) is 6.42 Å². The van der Waals surface area contributed by atoms with Crippen molar-refractivity contribution in [3.05, 3.63) is 0 Å². The summed E-state index contributed by atoms with van der Waals surface area (Å²) in [7, 11) is 0. The van der Waals surface area contributed by atoms with Gasteiger partial charge in [-0.2, -0.15) is 0 Å². The summed E-state index contributed by atoms with van der Waals surface area (Å²) in [5, 5.41) is 3.02. The van der Waals surface area contributed by atoms with Crippen molar-refractivity contribution in [3.8, 4) is 0 Å². The lowest BCUT2D eigenvalue weighted by Gasteiger charge is -2.14. The number of hydrogen-bond donors (Lipinski definition) is 0. The van der Waals surface area contributed by atoms with E-state index >= 15 is 0 Å². The van der Waals surface area contributed by atoms with E-state index in [1.807, 2.05) is 20.8 Å². The molecule has 0 unspecified atom stereocenters. The van der Waals surface area contributed by atoms with E-state index in [0.717, 1.165) is 0 Å². The molecule has 0 bridgehead atoms.